The van der Waals surface area contributed by atoms with E-state index in [0.29, 0.717) is 12.0 Å². The summed E-state index contributed by atoms with van der Waals surface area (Å²) < 4.78 is 0. The number of carbonyl (C=O) groups is 2. The highest BCUT2D eigenvalue weighted by atomic mass is 16.4. The van der Waals surface area contributed by atoms with Crippen LogP contribution in [0.5, 0.6) is 0 Å². The van der Waals surface area contributed by atoms with Crippen LogP contribution in [-0.2, 0) is 4.79 Å². The zero-order valence-corrected chi connectivity index (χ0v) is 10.9. The highest BCUT2D eigenvalue weighted by Crippen LogP contribution is 2.18. The van der Waals surface area contributed by atoms with Gasteiger partial charge in [-0.2, -0.15) is 0 Å². The molecule has 18 heavy (non-hydrogen) atoms. The van der Waals surface area contributed by atoms with Crippen LogP contribution in [0.2, 0.25) is 0 Å². The Bertz CT molecular complexity index is 425. The number of carbonyl (C=O) groups excluding carboxylic acids is 1. The summed E-state index contributed by atoms with van der Waals surface area (Å²) >= 11 is 0. The van der Waals surface area contributed by atoms with Gasteiger partial charge in [0.2, 0.25) is 0 Å². The molecule has 1 aromatic rings. The van der Waals surface area contributed by atoms with E-state index < -0.39 is 11.9 Å². The molecule has 1 aromatic carbocycles. The predicted octanol–water partition coefficient (Wildman–Crippen LogP) is 2.66. The van der Waals surface area contributed by atoms with Gasteiger partial charge in [0.25, 0.3) is 0 Å². The van der Waals surface area contributed by atoms with Crippen molar-refractivity contribution in [1.82, 2.24) is 0 Å². The minimum Gasteiger partial charge on any atom is -0.481 e. The fourth-order valence-electron chi connectivity index (χ4n) is 1.82. The molecule has 0 radical (unpaired) electrons. The first-order chi connectivity index (χ1) is 8.45. The first kappa shape index (κ1) is 14.2. The van der Waals surface area contributed by atoms with Crippen LogP contribution in [0.1, 0.15) is 30.6 Å². The van der Waals surface area contributed by atoms with Crippen LogP contribution in [0.3, 0.4) is 0 Å². The van der Waals surface area contributed by atoms with Crippen molar-refractivity contribution in [2.24, 2.45) is 11.8 Å². The summed E-state index contributed by atoms with van der Waals surface area (Å²) in [6.45, 7) is 3.39. The third kappa shape index (κ3) is 3.58. The molecule has 0 aliphatic heterocycles. The topological polar surface area (TPSA) is 66.4 Å². The van der Waals surface area contributed by atoms with Crippen LogP contribution in [-0.4, -0.2) is 23.9 Å². The van der Waals surface area contributed by atoms with Crippen molar-refractivity contribution < 1.29 is 14.7 Å². The molecule has 0 heterocycles. The molecule has 0 amide bonds. The summed E-state index contributed by atoms with van der Waals surface area (Å²) in [6, 6.07) is 7.19. The van der Waals surface area contributed by atoms with Gasteiger partial charge in [-0.05, 0) is 30.7 Å². The van der Waals surface area contributed by atoms with Crippen LogP contribution in [0.25, 0.3) is 0 Å². The van der Waals surface area contributed by atoms with E-state index in [4.69, 9.17) is 5.11 Å². The fraction of sp³-hybridized carbons (Fsp3) is 0.429. The minimum absolute atomic E-state index is 0.00856. The smallest absolute Gasteiger partial charge is 0.306 e. The van der Waals surface area contributed by atoms with Crippen molar-refractivity contribution in [2.45, 2.75) is 20.3 Å². The Kier molecular flexibility index (Phi) is 4.89. The molecular formula is C14H19NO3. The Hall–Kier alpha value is -1.84. The number of benzene rings is 1. The van der Waals surface area contributed by atoms with Gasteiger partial charge in [-0.15, -0.1) is 0 Å². The van der Waals surface area contributed by atoms with E-state index >= 15 is 0 Å². The van der Waals surface area contributed by atoms with E-state index in [-0.39, 0.29) is 11.7 Å². The lowest BCUT2D eigenvalue weighted by Crippen LogP contribution is -2.19. The molecule has 0 fully saturated rings. The minimum atomic E-state index is -0.861. The summed E-state index contributed by atoms with van der Waals surface area (Å²) in [6.07, 6.45) is 0.363. The first-order valence-corrected chi connectivity index (χ1v) is 6.00. The van der Waals surface area contributed by atoms with E-state index in [2.05, 4.69) is 5.32 Å². The maximum absolute atomic E-state index is 12.1. The number of Topliss-reactive ketones (excluding diaryl/α,β-unsaturated/α-hetero) is 1. The van der Waals surface area contributed by atoms with Gasteiger partial charge in [0.15, 0.2) is 5.78 Å². The second-order valence-corrected chi connectivity index (χ2v) is 4.57. The van der Waals surface area contributed by atoms with Gasteiger partial charge < -0.3 is 10.4 Å². The largest absolute Gasteiger partial charge is 0.481 e. The molecule has 0 aliphatic rings. The molecule has 0 spiro atoms. The van der Waals surface area contributed by atoms with Crippen LogP contribution in [0.4, 0.5) is 5.69 Å². The summed E-state index contributed by atoms with van der Waals surface area (Å²) in [4.78, 5) is 22.8. The monoisotopic (exact) mass is 249 g/mol. The van der Waals surface area contributed by atoms with Gasteiger partial charge in [0, 0.05) is 24.2 Å². The Labute approximate surface area is 107 Å². The second kappa shape index (κ2) is 6.19. The number of ketones is 1. The highest BCUT2D eigenvalue weighted by Gasteiger charge is 2.21. The van der Waals surface area contributed by atoms with E-state index in [0.717, 1.165) is 5.69 Å². The van der Waals surface area contributed by atoms with Crippen LogP contribution in [0.15, 0.2) is 24.3 Å². The zero-order chi connectivity index (χ0) is 13.7. The van der Waals surface area contributed by atoms with Crippen molar-refractivity contribution in [3.8, 4) is 0 Å². The summed E-state index contributed by atoms with van der Waals surface area (Å²) in [5.74, 6) is -1.65. The van der Waals surface area contributed by atoms with Gasteiger partial charge in [-0.25, -0.2) is 0 Å². The summed E-state index contributed by atoms with van der Waals surface area (Å²) in [5, 5.41) is 11.8. The standard InChI is InChI=1S/C14H19NO3/c1-9(8-10(2)14(17)18)13(16)11-4-6-12(15-3)7-5-11/h4-7,9-10,15H,8H2,1-3H3,(H,17,18)/t9-,10-/m1/s1. The average molecular weight is 249 g/mol. The third-order valence-corrected chi connectivity index (χ3v) is 3.03. The lowest BCUT2D eigenvalue weighted by atomic mass is 9.90. The molecule has 4 nitrogen and oxygen atoms in total. The van der Waals surface area contributed by atoms with Gasteiger partial charge in [-0.1, -0.05) is 13.8 Å². The fourth-order valence-corrected chi connectivity index (χ4v) is 1.82. The summed E-state index contributed by atoms with van der Waals surface area (Å²) in [7, 11) is 1.81. The quantitative estimate of drug-likeness (QED) is 0.761. The maximum atomic E-state index is 12.1. The average Bonchev–Trinajstić information content (AvgIpc) is 2.37. The Balaban J connectivity index is 2.70. The van der Waals surface area contributed by atoms with Crippen LogP contribution in [0, 0.1) is 11.8 Å². The highest BCUT2D eigenvalue weighted by molar-refractivity contribution is 5.98. The zero-order valence-electron chi connectivity index (χ0n) is 10.9. The molecule has 0 aliphatic carbocycles. The molecule has 2 atom stereocenters. The molecule has 4 heteroatoms. The Morgan fingerprint density at radius 2 is 1.72 bits per heavy atom. The number of nitrogens with one attached hydrogen (secondary N) is 1. The lowest BCUT2D eigenvalue weighted by Gasteiger charge is -2.13. The third-order valence-electron chi connectivity index (χ3n) is 3.03. The van der Waals surface area contributed by atoms with Gasteiger partial charge in [0.05, 0.1) is 5.92 Å². The number of hydrogen-bond donors (Lipinski definition) is 2. The molecule has 2 N–H and O–H groups in total. The van der Waals surface area contributed by atoms with Crippen molar-refractivity contribution in [3.05, 3.63) is 29.8 Å². The van der Waals surface area contributed by atoms with Crippen LogP contribution < -0.4 is 5.32 Å². The number of carboxylic acid groups (broad SMARTS) is 1. The Morgan fingerprint density at radius 1 is 1.17 bits per heavy atom. The van der Waals surface area contributed by atoms with Crippen LogP contribution >= 0.6 is 0 Å². The maximum Gasteiger partial charge on any atom is 0.306 e. The van der Waals surface area contributed by atoms with Crippen molar-refractivity contribution in [2.75, 3.05) is 12.4 Å². The van der Waals surface area contributed by atoms with Crippen molar-refractivity contribution >= 4 is 17.4 Å². The molecule has 0 saturated heterocycles. The van der Waals surface area contributed by atoms with Crippen molar-refractivity contribution in [3.63, 3.8) is 0 Å². The van der Waals surface area contributed by atoms with Gasteiger partial charge in [-0.3, -0.25) is 9.59 Å². The molecule has 98 valence electrons. The molecule has 0 unspecified atom stereocenters. The number of rotatable bonds is 6. The second-order valence-electron chi connectivity index (χ2n) is 4.57. The van der Waals surface area contributed by atoms with E-state index in [1.165, 1.54) is 0 Å². The SMILES string of the molecule is CNc1ccc(C(=O)[C@H](C)C[C@@H](C)C(=O)O)cc1. The number of anilines is 1. The molecule has 0 saturated carbocycles. The Morgan fingerprint density at radius 3 is 2.17 bits per heavy atom. The van der Waals surface area contributed by atoms with Gasteiger partial charge >= 0.3 is 5.97 Å². The first-order valence-electron chi connectivity index (χ1n) is 6.00. The predicted molar refractivity (Wildman–Crippen MR) is 70.9 cm³/mol. The van der Waals surface area contributed by atoms with E-state index in [1.54, 1.807) is 26.0 Å². The number of hydrogen-bond acceptors (Lipinski definition) is 3. The number of carboxylic acids is 1. The molecule has 1 rings (SSSR count). The lowest BCUT2D eigenvalue weighted by molar-refractivity contribution is -0.141. The van der Waals surface area contributed by atoms with Gasteiger partial charge in [0.1, 0.15) is 0 Å². The van der Waals surface area contributed by atoms with E-state index in [1.807, 2.05) is 19.2 Å². The molecular weight excluding hydrogens is 230 g/mol. The van der Waals surface area contributed by atoms with E-state index in [9.17, 15) is 9.59 Å². The normalized spacial score (nSPS) is 13.7. The van der Waals surface area contributed by atoms with Crippen molar-refractivity contribution in [1.29, 1.82) is 0 Å². The molecule has 0 bridgehead atoms. The molecule has 0 aromatic heterocycles. The summed E-state index contributed by atoms with van der Waals surface area (Å²) in [5.41, 5.74) is 1.57. The number of aliphatic carboxylic acids is 1.